The molecule has 0 bridgehead atoms. The van der Waals surface area contributed by atoms with Crippen LogP contribution in [-0.2, 0) is 0 Å². The van der Waals surface area contributed by atoms with E-state index >= 15 is 0 Å². The Kier molecular flexibility index (Phi) is 4.80. The molecule has 94 valence electrons. The van der Waals surface area contributed by atoms with Crippen molar-refractivity contribution in [1.29, 1.82) is 0 Å². The molecule has 2 rings (SSSR count). The van der Waals surface area contributed by atoms with Gasteiger partial charge in [-0.3, -0.25) is 0 Å². The normalized spacial score (nSPS) is 12.3. The first-order valence-corrected chi connectivity index (χ1v) is 6.73. The van der Waals surface area contributed by atoms with Gasteiger partial charge in [-0.1, -0.05) is 61.0 Å². The van der Waals surface area contributed by atoms with Crippen molar-refractivity contribution in [3.63, 3.8) is 0 Å². The first-order chi connectivity index (χ1) is 8.81. The molecule has 1 atom stereocenters. The first-order valence-electron chi connectivity index (χ1n) is 6.35. The maximum absolute atomic E-state index is 5.95. The van der Waals surface area contributed by atoms with E-state index in [1.54, 1.807) is 0 Å². The topological polar surface area (TPSA) is 12.0 Å². The van der Waals surface area contributed by atoms with Crippen molar-refractivity contribution in [1.82, 2.24) is 5.32 Å². The van der Waals surface area contributed by atoms with Crippen molar-refractivity contribution in [3.8, 4) is 0 Å². The second kappa shape index (κ2) is 6.58. The SMILES string of the molecule is CCCNC(c1ccccc1)c1ccc(Cl)cc1. The van der Waals surface area contributed by atoms with Crippen molar-refractivity contribution in [2.45, 2.75) is 19.4 Å². The van der Waals surface area contributed by atoms with Crippen molar-refractivity contribution < 1.29 is 0 Å². The lowest BCUT2D eigenvalue weighted by Gasteiger charge is -2.19. The van der Waals surface area contributed by atoms with Crippen LogP contribution in [0.3, 0.4) is 0 Å². The van der Waals surface area contributed by atoms with E-state index in [0.717, 1.165) is 18.0 Å². The first kappa shape index (κ1) is 13.1. The second-order valence-electron chi connectivity index (χ2n) is 4.35. The van der Waals surface area contributed by atoms with E-state index in [1.165, 1.54) is 11.1 Å². The average Bonchev–Trinajstić information content (AvgIpc) is 2.42. The van der Waals surface area contributed by atoms with Gasteiger partial charge in [0.05, 0.1) is 6.04 Å². The highest BCUT2D eigenvalue weighted by Crippen LogP contribution is 2.23. The highest BCUT2D eigenvalue weighted by atomic mass is 35.5. The molecule has 0 aromatic heterocycles. The zero-order valence-electron chi connectivity index (χ0n) is 10.6. The summed E-state index contributed by atoms with van der Waals surface area (Å²) in [6.45, 7) is 3.18. The molecule has 0 aliphatic heterocycles. The third-order valence-corrected chi connectivity index (χ3v) is 3.19. The molecule has 2 aromatic rings. The fourth-order valence-electron chi connectivity index (χ4n) is 2.02. The quantitative estimate of drug-likeness (QED) is 0.838. The van der Waals surface area contributed by atoms with Gasteiger partial charge in [-0.05, 0) is 36.2 Å². The number of halogens is 1. The summed E-state index contributed by atoms with van der Waals surface area (Å²) in [5.74, 6) is 0. The van der Waals surface area contributed by atoms with Crippen molar-refractivity contribution in [2.24, 2.45) is 0 Å². The van der Waals surface area contributed by atoms with E-state index in [9.17, 15) is 0 Å². The molecule has 2 heteroatoms. The van der Waals surface area contributed by atoms with Crippen LogP contribution in [0.4, 0.5) is 0 Å². The van der Waals surface area contributed by atoms with Crippen LogP contribution in [0, 0.1) is 0 Å². The van der Waals surface area contributed by atoms with Gasteiger partial charge < -0.3 is 5.32 Å². The lowest BCUT2D eigenvalue weighted by atomic mass is 9.99. The van der Waals surface area contributed by atoms with E-state index in [4.69, 9.17) is 11.6 Å². The molecule has 0 amide bonds. The molecule has 18 heavy (non-hydrogen) atoms. The number of hydrogen-bond acceptors (Lipinski definition) is 1. The van der Waals surface area contributed by atoms with Crippen LogP contribution in [0.25, 0.3) is 0 Å². The van der Waals surface area contributed by atoms with Gasteiger partial charge >= 0.3 is 0 Å². The summed E-state index contributed by atoms with van der Waals surface area (Å²) < 4.78 is 0. The summed E-state index contributed by atoms with van der Waals surface area (Å²) in [7, 11) is 0. The molecule has 0 saturated heterocycles. The van der Waals surface area contributed by atoms with Crippen LogP contribution >= 0.6 is 11.6 Å². The van der Waals surface area contributed by atoms with Crippen LogP contribution in [-0.4, -0.2) is 6.54 Å². The minimum atomic E-state index is 0.239. The number of hydrogen-bond donors (Lipinski definition) is 1. The molecule has 0 saturated carbocycles. The molecule has 0 aliphatic carbocycles. The fourth-order valence-corrected chi connectivity index (χ4v) is 2.14. The largest absolute Gasteiger partial charge is 0.306 e. The smallest absolute Gasteiger partial charge is 0.0576 e. The van der Waals surface area contributed by atoms with Crippen LogP contribution in [0.15, 0.2) is 54.6 Å². The van der Waals surface area contributed by atoms with E-state index in [0.29, 0.717) is 0 Å². The van der Waals surface area contributed by atoms with Crippen LogP contribution in [0.2, 0.25) is 5.02 Å². The highest BCUT2D eigenvalue weighted by Gasteiger charge is 2.12. The van der Waals surface area contributed by atoms with E-state index < -0.39 is 0 Å². The Bertz CT molecular complexity index is 464. The Morgan fingerprint density at radius 2 is 1.56 bits per heavy atom. The van der Waals surface area contributed by atoms with Crippen LogP contribution < -0.4 is 5.32 Å². The molecule has 2 aromatic carbocycles. The van der Waals surface area contributed by atoms with Crippen molar-refractivity contribution >= 4 is 11.6 Å². The zero-order chi connectivity index (χ0) is 12.8. The minimum absolute atomic E-state index is 0.239. The van der Waals surface area contributed by atoms with Gasteiger partial charge in [0.25, 0.3) is 0 Å². The predicted octanol–water partition coefficient (Wildman–Crippen LogP) is 4.43. The number of benzene rings is 2. The molecule has 0 fully saturated rings. The molecule has 1 N–H and O–H groups in total. The Morgan fingerprint density at radius 1 is 0.944 bits per heavy atom. The minimum Gasteiger partial charge on any atom is -0.306 e. The number of nitrogens with one attached hydrogen (secondary N) is 1. The molecule has 0 aliphatic rings. The van der Waals surface area contributed by atoms with Gasteiger partial charge in [0, 0.05) is 5.02 Å². The lowest BCUT2D eigenvalue weighted by molar-refractivity contribution is 0.598. The lowest BCUT2D eigenvalue weighted by Crippen LogP contribution is -2.23. The summed E-state index contributed by atoms with van der Waals surface area (Å²) in [5.41, 5.74) is 2.53. The Hall–Kier alpha value is -1.31. The molecule has 0 spiro atoms. The van der Waals surface area contributed by atoms with Gasteiger partial charge in [0.2, 0.25) is 0 Å². The van der Waals surface area contributed by atoms with Crippen LogP contribution in [0.5, 0.6) is 0 Å². The third kappa shape index (κ3) is 3.34. The average molecular weight is 260 g/mol. The van der Waals surface area contributed by atoms with Crippen LogP contribution in [0.1, 0.15) is 30.5 Å². The maximum Gasteiger partial charge on any atom is 0.0576 e. The standard InChI is InChI=1S/C16H18ClN/c1-2-12-18-16(13-6-4-3-5-7-13)14-8-10-15(17)11-9-14/h3-11,16,18H,2,12H2,1H3. The van der Waals surface area contributed by atoms with Crippen molar-refractivity contribution in [2.75, 3.05) is 6.54 Å². The van der Waals surface area contributed by atoms with Gasteiger partial charge in [0.15, 0.2) is 0 Å². The van der Waals surface area contributed by atoms with E-state index in [1.807, 2.05) is 18.2 Å². The zero-order valence-corrected chi connectivity index (χ0v) is 11.3. The third-order valence-electron chi connectivity index (χ3n) is 2.93. The molecular weight excluding hydrogens is 242 g/mol. The summed E-state index contributed by atoms with van der Waals surface area (Å²) in [4.78, 5) is 0. The molecule has 1 unspecified atom stereocenters. The Balaban J connectivity index is 2.27. The Morgan fingerprint density at radius 3 is 2.17 bits per heavy atom. The monoisotopic (exact) mass is 259 g/mol. The fraction of sp³-hybridized carbons (Fsp3) is 0.250. The summed E-state index contributed by atoms with van der Waals surface area (Å²) in [5, 5.41) is 4.36. The summed E-state index contributed by atoms with van der Waals surface area (Å²) in [6.07, 6.45) is 1.12. The van der Waals surface area contributed by atoms with Gasteiger partial charge in [0.1, 0.15) is 0 Å². The van der Waals surface area contributed by atoms with Gasteiger partial charge in [-0.15, -0.1) is 0 Å². The van der Waals surface area contributed by atoms with E-state index in [-0.39, 0.29) is 6.04 Å². The summed E-state index contributed by atoms with van der Waals surface area (Å²) >= 11 is 5.95. The molecule has 1 nitrogen and oxygen atoms in total. The van der Waals surface area contributed by atoms with Crippen molar-refractivity contribution in [3.05, 3.63) is 70.7 Å². The second-order valence-corrected chi connectivity index (χ2v) is 4.79. The number of rotatable bonds is 5. The molecule has 0 heterocycles. The molecular formula is C16H18ClN. The molecule has 0 radical (unpaired) electrons. The van der Waals surface area contributed by atoms with Gasteiger partial charge in [-0.2, -0.15) is 0 Å². The predicted molar refractivity (Wildman–Crippen MR) is 78.0 cm³/mol. The van der Waals surface area contributed by atoms with E-state index in [2.05, 4.69) is 48.6 Å². The Labute approximate surface area is 114 Å². The van der Waals surface area contributed by atoms with Gasteiger partial charge in [-0.25, -0.2) is 0 Å². The summed E-state index contributed by atoms with van der Waals surface area (Å²) in [6, 6.07) is 18.8. The highest BCUT2D eigenvalue weighted by molar-refractivity contribution is 6.30. The maximum atomic E-state index is 5.95.